The van der Waals surface area contributed by atoms with Gasteiger partial charge in [0.2, 0.25) is 0 Å². The lowest BCUT2D eigenvalue weighted by molar-refractivity contribution is -0.145. The van der Waals surface area contributed by atoms with Gasteiger partial charge < -0.3 is 15.3 Å². The zero-order chi connectivity index (χ0) is 13.7. The first-order valence-electron chi connectivity index (χ1n) is 6.00. The molecule has 17 heavy (non-hydrogen) atoms. The number of methoxy groups -OCH3 is 1. The third kappa shape index (κ3) is 9.96. The van der Waals surface area contributed by atoms with Crippen LogP contribution >= 0.6 is 0 Å². The number of carbonyl (C=O) groups excluding carboxylic acids is 2. The van der Waals surface area contributed by atoms with E-state index in [0.29, 0.717) is 6.29 Å². The molecular weight excluding hydrogens is 220 g/mol. The summed E-state index contributed by atoms with van der Waals surface area (Å²) in [5, 5.41) is 0. The normalized spacial score (nSPS) is 18.3. The first-order chi connectivity index (χ1) is 8.08. The fraction of sp³-hybridized carbons (Fsp3) is 0.833. The van der Waals surface area contributed by atoms with Gasteiger partial charge in [0.15, 0.2) is 0 Å². The number of nitrogens with two attached hydrogens (primary N) is 1. The van der Waals surface area contributed by atoms with Crippen molar-refractivity contribution in [3.63, 3.8) is 0 Å². The second-order valence-electron chi connectivity index (χ2n) is 3.77. The number of carbonyl (C=O) groups is 2. The molecule has 0 saturated carbocycles. The van der Waals surface area contributed by atoms with Gasteiger partial charge in [-0.3, -0.25) is 9.69 Å². The molecule has 0 amide bonds. The van der Waals surface area contributed by atoms with Crippen LogP contribution in [0.25, 0.3) is 0 Å². The minimum Gasteiger partial charge on any atom is -0.468 e. The van der Waals surface area contributed by atoms with Gasteiger partial charge in [-0.15, -0.1) is 0 Å². The summed E-state index contributed by atoms with van der Waals surface area (Å²) in [5.74, 6) is -0.0972. The highest BCUT2D eigenvalue weighted by molar-refractivity contribution is 5.75. The first kappa shape index (κ1) is 18.4. The fourth-order valence-corrected chi connectivity index (χ4v) is 1.34. The molecule has 0 bridgehead atoms. The van der Waals surface area contributed by atoms with Gasteiger partial charge in [0.25, 0.3) is 0 Å². The molecule has 2 N–H and O–H groups in total. The molecule has 1 aliphatic heterocycles. The molecule has 0 aromatic rings. The zero-order valence-electron chi connectivity index (χ0n) is 11.4. The van der Waals surface area contributed by atoms with Crippen molar-refractivity contribution in [3.8, 4) is 0 Å². The van der Waals surface area contributed by atoms with E-state index in [0.717, 1.165) is 19.4 Å². The Kier molecular flexibility index (Phi) is 14.2. The number of ether oxygens (including phenoxy) is 1. The highest BCUT2D eigenvalue weighted by Gasteiger charge is 2.27. The van der Waals surface area contributed by atoms with E-state index < -0.39 is 0 Å². The van der Waals surface area contributed by atoms with Gasteiger partial charge in [0.05, 0.1) is 7.11 Å². The molecule has 1 fully saturated rings. The Labute approximate surface area is 104 Å². The van der Waals surface area contributed by atoms with Crippen molar-refractivity contribution in [2.45, 2.75) is 39.2 Å². The fourth-order valence-electron chi connectivity index (χ4n) is 1.34. The first-order valence-corrected chi connectivity index (χ1v) is 6.00. The lowest BCUT2D eigenvalue weighted by Gasteiger charge is -2.15. The van der Waals surface area contributed by atoms with Gasteiger partial charge in [-0.05, 0) is 26.4 Å². The summed E-state index contributed by atoms with van der Waals surface area (Å²) in [6.07, 6.45) is 3.96. The molecule has 1 rings (SSSR count). The lowest BCUT2D eigenvalue weighted by atomic mass is 10.2. The third-order valence-corrected chi connectivity index (χ3v) is 2.09. The summed E-state index contributed by atoms with van der Waals surface area (Å²) in [5.41, 5.74) is 4.66. The van der Waals surface area contributed by atoms with Crippen LogP contribution in [0.5, 0.6) is 0 Å². The summed E-state index contributed by atoms with van der Waals surface area (Å²) in [7, 11) is 3.39. The summed E-state index contributed by atoms with van der Waals surface area (Å²) in [6.45, 7) is 5.40. The minimum absolute atomic E-state index is 0.0185. The number of aldehydes is 1. The Hall–Kier alpha value is -0.940. The van der Waals surface area contributed by atoms with Gasteiger partial charge in [0.1, 0.15) is 12.3 Å². The van der Waals surface area contributed by atoms with E-state index >= 15 is 0 Å². The van der Waals surface area contributed by atoms with Gasteiger partial charge in [-0.25, -0.2) is 0 Å². The molecule has 0 radical (unpaired) electrons. The number of hydrogen-bond acceptors (Lipinski definition) is 5. The molecule has 1 unspecified atom stereocenters. The van der Waals surface area contributed by atoms with Crippen molar-refractivity contribution in [3.05, 3.63) is 0 Å². The number of hydrogen-bond donors (Lipinski definition) is 1. The molecule has 1 atom stereocenters. The van der Waals surface area contributed by atoms with Crippen LogP contribution in [0.15, 0.2) is 0 Å². The van der Waals surface area contributed by atoms with Crippen LogP contribution in [0.4, 0.5) is 0 Å². The number of likely N-dealkylation sites (N-methyl/N-ethyl adjacent to an activating group) is 1. The summed E-state index contributed by atoms with van der Waals surface area (Å²) >= 11 is 0. The molecule has 1 heterocycles. The Balaban J connectivity index is 0. The van der Waals surface area contributed by atoms with Crippen LogP contribution in [0.1, 0.15) is 33.1 Å². The van der Waals surface area contributed by atoms with Crippen LogP contribution < -0.4 is 5.73 Å². The van der Waals surface area contributed by atoms with E-state index in [2.05, 4.69) is 24.3 Å². The van der Waals surface area contributed by atoms with Crippen LogP contribution in [0.2, 0.25) is 0 Å². The van der Waals surface area contributed by atoms with Crippen molar-refractivity contribution in [1.29, 1.82) is 0 Å². The molecule has 5 nitrogen and oxygen atoms in total. The molecular formula is C12H26N2O3. The number of rotatable bonds is 2. The van der Waals surface area contributed by atoms with Crippen LogP contribution in [0, 0.1) is 0 Å². The minimum atomic E-state index is -0.0972. The predicted molar refractivity (Wildman–Crippen MR) is 68.8 cm³/mol. The average Bonchev–Trinajstić information content (AvgIpc) is 2.76. The summed E-state index contributed by atoms with van der Waals surface area (Å²) in [6, 6.07) is 0.0185. The Morgan fingerprint density at radius 2 is 2.00 bits per heavy atom. The smallest absolute Gasteiger partial charge is 0.323 e. The van der Waals surface area contributed by atoms with E-state index in [-0.39, 0.29) is 18.6 Å². The van der Waals surface area contributed by atoms with Gasteiger partial charge >= 0.3 is 5.97 Å². The Bertz CT molecular complexity index is 198. The maximum absolute atomic E-state index is 11.0. The van der Waals surface area contributed by atoms with Crippen molar-refractivity contribution >= 4 is 12.3 Å². The van der Waals surface area contributed by atoms with Crippen LogP contribution in [-0.4, -0.2) is 50.4 Å². The van der Waals surface area contributed by atoms with Crippen molar-refractivity contribution in [1.82, 2.24) is 4.90 Å². The van der Waals surface area contributed by atoms with Gasteiger partial charge in [0, 0.05) is 6.54 Å². The maximum atomic E-state index is 11.0. The van der Waals surface area contributed by atoms with Gasteiger partial charge in [-0.1, -0.05) is 20.3 Å². The summed E-state index contributed by atoms with van der Waals surface area (Å²) in [4.78, 5) is 22.0. The molecule has 0 spiro atoms. The second kappa shape index (κ2) is 13.1. The van der Waals surface area contributed by atoms with Crippen LogP contribution in [0.3, 0.4) is 0 Å². The molecule has 0 aliphatic carbocycles. The van der Waals surface area contributed by atoms with E-state index in [1.54, 1.807) is 0 Å². The monoisotopic (exact) mass is 246 g/mol. The van der Waals surface area contributed by atoms with E-state index in [1.807, 2.05) is 11.9 Å². The third-order valence-electron chi connectivity index (χ3n) is 2.09. The molecule has 0 aromatic carbocycles. The second-order valence-corrected chi connectivity index (χ2v) is 3.77. The quantitative estimate of drug-likeness (QED) is 0.576. The average molecular weight is 246 g/mol. The largest absolute Gasteiger partial charge is 0.468 e. The summed E-state index contributed by atoms with van der Waals surface area (Å²) < 4.78 is 4.62. The Morgan fingerprint density at radius 3 is 2.24 bits per heavy atom. The molecule has 1 aliphatic rings. The number of likely N-dealkylation sites (tertiary alicyclic amines) is 1. The molecule has 1 saturated heterocycles. The van der Waals surface area contributed by atoms with E-state index in [9.17, 15) is 4.79 Å². The number of esters is 1. The van der Waals surface area contributed by atoms with Gasteiger partial charge in [-0.2, -0.15) is 0 Å². The zero-order valence-corrected chi connectivity index (χ0v) is 11.4. The molecule has 5 heteroatoms. The predicted octanol–water partition coefficient (Wildman–Crippen LogP) is 0.814. The maximum Gasteiger partial charge on any atom is 0.323 e. The van der Waals surface area contributed by atoms with E-state index in [4.69, 9.17) is 4.79 Å². The van der Waals surface area contributed by atoms with Crippen molar-refractivity contribution in [2.75, 3.05) is 27.2 Å². The highest BCUT2D eigenvalue weighted by Crippen LogP contribution is 2.15. The molecule has 0 aromatic heterocycles. The van der Waals surface area contributed by atoms with Crippen molar-refractivity contribution < 1.29 is 14.3 Å². The molecule has 102 valence electrons. The number of nitrogens with zero attached hydrogens (tertiary/aromatic N) is 1. The SMILES string of the molecule is CCC.COC(=O)C1CCCN1C.NCC=O. The topological polar surface area (TPSA) is 72.6 Å². The highest BCUT2D eigenvalue weighted by atomic mass is 16.5. The van der Waals surface area contributed by atoms with Crippen LogP contribution in [-0.2, 0) is 14.3 Å². The Morgan fingerprint density at radius 1 is 1.53 bits per heavy atom. The standard InChI is InChI=1S/C7H13NO2.C3H8.C2H5NO/c1-8-5-3-4-6(8)7(9)10-2;1-3-2;3-1-2-4/h6H,3-5H2,1-2H3;3H2,1-2H3;2H,1,3H2. The van der Waals surface area contributed by atoms with Crippen molar-refractivity contribution in [2.24, 2.45) is 5.73 Å². The lowest BCUT2D eigenvalue weighted by Crippen LogP contribution is -2.33. The van der Waals surface area contributed by atoms with E-state index in [1.165, 1.54) is 13.5 Å².